The zero-order valence-corrected chi connectivity index (χ0v) is 14.9. The lowest BCUT2D eigenvalue weighted by atomic mass is 10.2. The molecular formula is C22H19NO4. The predicted octanol–water partition coefficient (Wildman–Crippen LogP) is 4.25. The lowest BCUT2D eigenvalue weighted by Gasteiger charge is -2.23. The van der Waals surface area contributed by atoms with Crippen LogP contribution in [0, 0.1) is 0 Å². The molecule has 0 fully saturated rings. The number of carbonyl (C=O) groups is 2. The zero-order chi connectivity index (χ0) is 19.1. The van der Waals surface area contributed by atoms with Crippen LogP contribution in [0.2, 0.25) is 0 Å². The molecule has 0 bridgehead atoms. The summed E-state index contributed by atoms with van der Waals surface area (Å²) in [4.78, 5) is 25.6. The van der Waals surface area contributed by atoms with Crippen molar-refractivity contribution in [1.29, 1.82) is 0 Å². The highest BCUT2D eigenvalue weighted by Gasteiger charge is 2.19. The molecule has 5 heteroatoms. The van der Waals surface area contributed by atoms with Gasteiger partial charge < -0.3 is 9.47 Å². The molecule has 0 heterocycles. The molecule has 0 saturated carbocycles. The van der Waals surface area contributed by atoms with Crippen LogP contribution in [-0.2, 0) is 4.79 Å². The van der Waals surface area contributed by atoms with Gasteiger partial charge in [-0.05, 0) is 42.5 Å². The van der Waals surface area contributed by atoms with Crippen molar-refractivity contribution in [2.24, 2.45) is 0 Å². The number of hydrogen-bond donors (Lipinski definition) is 0. The van der Waals surface area contributed by atoms with E-state index in [-0.39, 0.29) is 12.5 Å². The standard InChI is InChI=1S/C22H19NO4/c1-26-20-13-12-17(15-24)14-21(20)27-16-22(25)23(18-8-4-2-5-9-18)19-10-6-3-7-11-19/h2-15H,16H2,1H3. The first kappa shape index (κ1) is 18.2. The van der Waals surface area contributed by atoms with E-state index in [1.54, 1.807) is 23.1 Å². The monoisotopic (exact) mass is 361 g/mol. The molecule has 0 saturated heterocycles. The van der Waals surface area contributed by atoms with Crippen LogP contribution in [0.1, 0.15) is 10.4 Å². The molecule has 27 heavy (non-hydrogen) atoms. The number of methoxy groups -OCH3 is 1. The maximum atomic E-state index is 13.0. The number of rotatable bonds is 7. The molecule has 0 aliphatic rings. The molecule has 0 aliphatic heterocycles. The van der Waals surface area contributed by atoms with E-state index in [9.17, 15) is 9.59 Å². The summed E-state index contributed by atoms with van der Waals surface area (Å²) in [5.41, 5.74) is 1.93. The Morgan fingerprint density at radius 1 is 0.889 bits per heavy atom. The Morgan fingerprint density at radius 3 is 2.00 bits per heavy atom. The van der Waals surface area contributed by atoms with Gasteiger partial charge in [0.1, 0.15) is 6.29 Å². The van der Waals surface area contributed by atoms with Crippen LogP contribution in [0.25, 0.3) is 0 Å². The van der Waals surface area contributed by atoms with Gasteiger partial charge in [0.05, 0.1) is 7.11 Å². The molecule has 1 amide bonds. The predicted molar refractivity (Wildman–Crippen MR) is 104 cm³/mol. The Balaban J connectivity index is 1.85. The molecule has 0 spiro atoms. The number of para-hydroxylation sites is 2. The van der Waals surface area contributed by atoms with E-state index in [4.69, 9.17) is 9.47 Å². The van der Waals surface area contributed by atoms with E-state index in [0.29, 0.717) is 23.3 Å². The zero-order valence-electron chi connectivity index (χ0n) is 14.9. The Bertz CT molecular complexity index is 871. The maximum Gasteiger partial charge on any atom is 0.269 e. The van der Waals surface area contributed by atoms with Gasteiger partial charge in [-0.15, -0.1) is 0 Å². The largest absolute Gasteiger partial charge is 0.493 e. The number of nitrogens with zero attached hydrogens (tertiary/aromatic N) is 1. The summed E-state index contributed by atoms with van der Waals surface area (Å²) in [7, 11) is 1.50. The molecule has 3 aromatic carbocycles. The Hall–Kier alpha value is -3.60. The van der Waals surface area contributed by atoms with E-state index in [0.717, 1.165) is 11.4 Å². The SMILES string of the molecule is COc1ccc(C=O)cc1OCC(=O)N(c1ccccc1)c1ccccc1. The van der Waals surface area contributed by atoms with Crippen LogP contribution >= 0.6 is 0 Å². The van der Waals surface area contributed by atoms with Gasteiger partial charge in [0.2, 0.25) is 0 Å². The molecule has 136 valence electrons. The van der Waals surface area contributed by atoms with Crippen molar-refractivity contribution >= 4 is 23.6 Å². The van der Waals surface area contributed by atoms with Gasteiger partial charge in [0, 0.05) is 16.9 Å². The summed E-state index contributed by atoms with van der Waals surface area (Å²) in [6.07, 6.45) is 0.717. The third-order valence-corrected chi connectivity index (χ3v) is 3.95. The molecule has 0 unspecified atom stereocenters. The van der Waals surface area contributed by atoms with Gasteiger partial charge in [-0.3, -0.25) is 14.5 Å². The van der Waals surface area contributed by atoms with Crippen molar-refractivity contribution in [2.75, 3.05) is 18.6 Å². The van der Waals surface area contributed by atoms with Crippen molar-refractivity contribution in [3.63, 3.8) is 0 Å². The summed E-state index contributed by atoms with van der Waals surface area (Å²) in [5, 5.41) is 0. The van der Waals surface area contributed by atoms with E-state index in [2.05, 4.69) is 0 Å². The number of benzene rings is 3. The van der Waals surface area contributed by atoms with Gasteiger partial charge >= 0.3 is 0 Å². The quantitative estimate of drug-likeness (QED) is 0.590. The van der Waals surface area contributed by atoms with Gasteiger partial charge in [0.25, 0.3) is 5.91 Å². The van der Waals surface area contributed by atoms with Crippen molar-refractivity contribution in [3.8, 4) is 11.5 Å². The number of ether oxygens (including phenoxy) is 2. The number of hydrogen-bond acceptors (Lipinski definition) is 4. The normalized spacial score (nSPS) is 10.1. The number of anilines is 2. The first-order valence-electron chi connectivity index (χ1n) is 8.42. The summed E-state index contributed by atoms with van der Waals surface area (Å²) in [5.74, 6) is 0.557. The first-order valence-corrected chi connectivity index (χ1v) is 8.42. The van der Waals surface area contributed by atoms with Gasteiger partial charge in [-0.25, -0.2) is 0 Å². The fraction of sp³-hybridized carbons (Fsp3) is 0.0909. The Labute approximate surface area is 157 Å². The fourth-order valence-corrected chi connectivity index (χ4v) is 2.67. The van der Waals surface area contributed by atoms with Gasteiger partial charge in [-0.2, -0.15) is 0 Å². The highest BCUT2D eigenvalue weighted by Crippen LogP contribution is 2.29. The van der Waals surface area contributed by atoms with Crippen LogP contribution in [-0.4, -0.2) is 25.9 Å². The van der Waals surface area contributed by atoms with E-state index >= 15 is 0 Å². The smallest absolute Gasteiger partial charge is 0.269 e. The third-order valence-electron chi connectivity index (χ3n) is 3.95. The van der Waals surface area contributed by atoms with Crippen LogP contribution in [0.3, 0.4) is 0 Å². The van der Waals surface area contributed by atoms with Crippen LogP contribution in [0.4, 0.5) is 11.4 Å². The van der Waals surface area contributed by atoms with E-state index in [1.165, 1.54) is 7.11 Å². The van der Waals surface area contributed by atoms with Crippen LogP contribution < -0.4 is 14.4 Å². The van der Waals surface area contributed by atoms with Gasteiger partial charge in [-0.1, -0.05) is 36.4 Å². The molecule has 0 aliphatic carbocycles. The Kier molecular flexibility index (Phi) is 5.84. The second kappa shape index (κ2) is 8.67. The average molecular weight is 361 g/mol. The third kappa shape index (κ3) is 4.33. The molecule has 0 atom stereocenters. The van der Waals surface area contributed by atoms with Gasteiger partial charge in [0.15, 0.2) is 18.1 Å². The molecule has 0 aromatic heterocycles. The van der Waals surface area contributed by atoms with Crippen molar-refractivity contribution < 1.29 is 19.1 Å². The number of carbonyl (C=O) groups excluding carboxylic acids is 2. The Morgan fingerprint density at radius 2 is 1.48 bits per heavy atom. The van der Waals surface area contributed by atoms with Crippen molar-refractivity contribution in [3.05, 3.63) is 84.4 Å². The maximum absolute atomic E-state index is 13.0. The highest BCUT2D eigenvalue weighted by atomic mass is 16.5. The number of amides is 1. The number of aldehydes is 1. The molecule has 0 N–H and O–H groups in total. The molecule has 5 nitrogen and oxygen atoms in total. The minimum Gasteiger partial charge on any atom is -0.493 e. The summed E-state index contributed by atoms with van der Waals surface area (Å²) < 4.78 is 10.9. The molecule has 3 aromatic rings. The topological polar surface area (TPSA) is 55.8 Å². The summed E-state index contributed by atoms with van der Waals surface area (Å²) in [6, 6.07) is 23.5. The second-order valence-corrected chi connectivity index (χ2v) is 5.72. The minimum absolute atomic E-state index is 0.206. The minimum atomic E-state index is -0.244. The second-order valence-electron chi connectivity index (χ2n) is 5.72. The van der Waals surface area contributed by atoms with Crippen LogP contribution in [0.5, 0.6) is 11.5 Å². The summed E-state index contributed by atoms with van der Waals surface area (Å²) >= 11 is 0. The summed E-state index contributed by atoms with van der Waals surface area (Å²) in [6.45, 7) is -0.206. The van der Waals surface area contributed by atoms with Crippen molar-refractivity contribution in [1.82, 2.24) is 0 Å². The van der Waals surface area contributed by atoms with Crippen LogP contribution in [0.15, 0.2) is 78.9 Å². The van der Waals surface area contributed by atoms with E-state index < -0.39 is 0 Å². The lowest BCUT2D eigenvalue weighted by molar-refractivity contribution is -0.119. The molecule has 0 radical (unpaired) electrons. The molecular weight excluding hydrogens is 342 g/mol. The average Bonchev–Trinajstić information content (AvgIpc) is 2.73. The van der Waals surface area contributed by atoms with Crippen molar-refractivity contribution in [2.45, 2.75) is 0 Å². The van der Waals surface area contributed by atoms with E-state index in [1.807, 2.05) is 60.7 Å². The fourth-order valence-electron chi connectivity index (χ4n) is 2.67. The highest BCUT2D eigenvalue weighted by molar-refractivity contribution is 6.01. The molecule has 3 rings (SSSR count). The lowest BCUT2D eigenvalue weighted by Crippen LogP contribution is -2.31. The first-order chi connectivity index (χ1) is 13.2.